The van der Waals surface area contributed by atoms with E-state index in [1.54, 1.807) is 19.3 Å². The number of nitrogens with one attached hydrogen (secondary N) is 2. The molecular weight excluding hydrogens is 220 g/mol. The summed E-state index contributed by atoms with van der Waals surface area (Å²) >= 11 is 0. The van der Waals surface area contributed by atoms with Crippen molar-refractivity contribution in [2.24, 2.45) is 0 Å². The lowest BCUT2D eigenvalue weighted by atomic mass is 10.4. The van der Waals surface area contributed by atoms with Crippen LogP contribution in [0.25, 0.3) is 0 Å². The fourth-order valence-electron chi connectivity index (χ4n) is 1.24. The molecule has 0 saturated heterocycles. The molecular formula is C11H20N4O2. The summed E-state index contributed by atoms with van der Waals surface area (Å²) in [5.41, 5.74) is 0. The van der Waals surface area contributed by atoms with Crippen molar-refractivity contribution in [3.63, 3.8) is 0 Å². The van der Waals surface area contributed by atoms with Gasteiger partial charge in [-0.3, -0.25) is 4.98 Å². The van der Waals surface area contributed by atoms with Gasteiger partial charge >= 0.3 is 0 Å². The number of anilines is 1. The molecule has 1 aromatic rings. The second-order valence-corrected chi connectivity index (χ2v) is 3.66. The highest BCUT2D eigenvalue weighted by molar-refractivity contribution is 5.33. The third-order valence-electron chi connectivity index (χ3n) is 1.95. The number of aliphatic hydroxyl groups excluding tert-OH is 1. The van der Waals surface area contributed by atoms with E-state index in [0.29, 0.717) is 24.8 Å². The molecule has 0 aliphatic heterocycles. The van der Waals surface area contributed by atoms with Crippen molar-refractivity contribution in [2.45, 2.75) is 20.0 Å². The number of hydrogen-bond donors (Lipinski definition) is 3. The van der Waals surface area contributed by atoms with Crippen molar-refractivity contribution in [1.82, 2.24) is 15.3 Å². The Hall–Kier alpha value is -1.40. The molecule has 6 nitrogen and oxygen atoms in total. The lowest BCUT2D eigenvalue weighted by Crippen LogP contribution is -2.29. The molecule has 1 heterocycles. The summed E-state index contributed by atoms with van der Waals surface area (Å²) in [6.07, 6.45) is 2.91. The highest BCUT2D eigenvalue weighted by Gasteiger charge is 1.98. The Morgan fingerprint density at radius 1 is 1.41 bits per heavy atom. The fraction of sp³-hybridized carbons (Fsp3) is 0.636. The molecule has 0 radical (unpaired) electrons. The van der Waals surface area contributed by atoms with Crippen molar-refractivity contribution in [1.29, 1.82) is 0 Å². The van der Waals surface area contributed by atoms with E-state index in [0.717, 1.165) is 13.1 Å². The molecule has 0 bridgehead atoms. The smallest absolute Gasteiger partial charge is 0.234 e. The maximum Gasteiger partial charge on any atom is 0.234 e. The summed E-state index contributed by atoms with van der Waals surface area (Å²) in [5.74, 6) is 1.21. The van der Waals surface area contributed by atoms with E-state index in [1.165, 1.54) is 0 Å². The minimum absolute atomic E-state index is 0.323. The van der Waals surface area contributed by atoms with Crippen LogP contribution in [0.5, 0.6) is 5.88 Å². The average Bonchev–Trinajstić information content (AvgIpc) is 2.29. The number of aliphatic hydroxyl groups is 1. The summed E-state index contributed by atoms with van der Waals surface area (Å²) in [7, 11) is 0. The Balaban J connectivity index is 2.24. The van der Waals surface area contributed by atoms with Crippen LogP contribution >= 0.6 is 0 Å². The molecule has 3 N–H and O–H groups in total. The zero-order valence-corrected chi connectivity index (χ0v) is 10.3. The number of nitrogens with zero attached hydrogens (tertiary/aromatic N) is 2. The van der Waals surface area contributed by atoms with Crippen molar-refractivity contribution in [3.05, 3.63) is 12.4 Å². The number of aromatic nitrogens is 2. The molecule has 0 fully saturated rings. The third kappa shape index (κ3) is 6.03. The normalized spacial score (nSPS) is 12.2. The summed E-state index contributed by atoms with van der Waals surface area (Å²) in [6, 6.07) is 0. The zero-order valence-electron chi connectivity index (χ0n) is 10.3. The van der Waals surface area contributed by atoms with Crippen LogP contribution in [0.3, 0.4) is 0 Å². The SMILES string of the molecule is CCOc1cncc(NCCNCC(C)O)n1. The average molecular weight is 240 g/mol. The van der Waals surface area contributed by atoms with Gasteiger partial charge in [0.05, 0.1) is 25.1 Å². The lowest BCUT2D eigenvalue weighted by molar-refractivity contribution is 0.192. The largest absolute Gasteiger partial charge is 0.477 e. The summed E-state index contributed by atoms with van der Waals surface area (Å²) in [6.45, 7) is 6.29. The topological polar surface area (TPSA) is 79.3 Å². The molecule has 0 aliphatic carbocycles. The van der Waals surface area contributed by atoms with Crippen LogP contribution in [0.2, 0.25) is 0 Å². The summed E-state index contributed by atoms with van der Waals surface area (Å²) in [5, 5.41) is 15.3. The van der Waals surface area contributed by atoms with Crippen LogP contribution in [0.4, 0.5) is 5.82 Å². The van der Waals surface area contributed by atoms with Gasteiger partial charge in [-0.05, 0) is 13.8 Å². The second-order valence-electron chi connectivity index (χ2n) is 3.66. The minimum atomic E-state index is -0.323. The van der Waals surface area contributed by atoms with E-state index < -0.39 is 0 Å². The van der Waals surface area contributed by atoms with E-state index in [9.17, 15) is 0 Å². The first-order valence-corrected chi connectivity index (χ1v) is 5.80. The predicted octanol–water partition coefficient (Wildman–Crippen LogP) is 0.258. The Morgan fingerprint density at radius 3 is 2.94 bits per heavy atom. The van der Waals surface area contributed by atoms with E-state index in [-0.39, 0.29) is 6.10 Å². The first-order valence-electron chi connectivity index (χ1n) is 5.80. The molecule has 96 valence electrons. The van der Waals surface area contributed by atoms with Gasteiger partial charge in [0.25, 0.3) is 0 Å². The molecule has 0 amide bonds. The standard InChI is InChI=1S/C11H20N4O2/c1-3-17-11-8-13-7-10(15-11)14-5-4-12-6-9(2)16/h7-9,12,16H,3-6H2,1-2H3,(H,14,15). The lowest BCUT2D eigenvalue weighted by Gasteiger charge is -2.09. The molecule has 1 aromatic heterocycles. The number of rotatable bonds is 8. The summed E-state index contributed by atoms with van der Waals surface area (Å²) in [4.78, 5) is 8.24. The molecule has 17 heavy (non-hydrogen) atoms. The first kappa shape index (κ1) is 13.7. The Morgan fingerprint density at radius 2 is 2.24 bits per heavy atom. The van der Waals surface area contributed by atoms with Gasteiger partial charge in [-0.1, -0.05) is 0 Å². The Bertz CT molecular complexity index is 320. The molecule has 0 spiro atoms. The second kappa shape index (κ2) is 7.81. The molecule has 1 unspecified atom stereocenters. The molecule has 0 saturated carbocycles. The minimum Gasteiger partial charge on any atom is -0.477 e. The van der Waals surface area contributed by atoms with Crippen molar-refractivity contribution < 1.29 is 9.84 Å². The van der Waals surface area contributed by atoms with E-state index in [4.69, 9.17) is 9.84 Å². The monoisotopic (exact) mass is 240 g/mol. The highest BCUT2D eigenvalue weighted by atomic mass is 16.5. The molecule has 1 rings (SSSR count). The van der Waals surface area contributed by atoms with Crippen LogP contribution in [0.1, 0.15) is 13.8 Å². The van der Waals surface area contributed by atoms with Crippen LogP contribution in [0, 0.1) is 0 Å². The van der Waals surface area contributed by atoms with Crippen molar-refractivity contribution in [2.75, 3.05) is 31.6 Å². The Kier molecular flexibility index (Phi) is 6.27. The van der Waals surface area contributed by atoms with Crippen molar-refractivity contribution in [3.8, 4) is 5.88 Å². The van der Waals surface area contributed by atoms with Crippen molar-refractivity contribution >= 4 is 5.82 Å². The van der Waals surface area contributed by atoms with Gasteiger partial charge in [0.15, 0.2) is 0 Å². The van der Waals surface area contributed by atoms with Gasteiger partial charge < -0.3 is 20.5 Å². The fourth-order valence-corrected chi connectivity index (χ4v) is 1.24. The summed E-state index contributed by atoms with van der Waals surface area (Å²) < 4.78 is 5.24. The van der Waals surface area contributed by atoms with Crippen LogP contribution in [0.15, 0.2) is 12.4 Å². The number of hydrogen-bond acceptors (Lipinski definition) is 6. The van der Waals surface area contributed by atoms with Crippen LogP contribution < -0.4 is 15.4 Å². The molecule has 0 aromatic carbocycles. The van der Waals surface area contributed by atoms with Gasteiger partial charge in [0.1, 0.15) is 5.82 Å². The predicted molar refractivity (Wildman–Crippen MR) is 66.2 cm³/mol. The zero-order chi connectivity index (χ0) is 12.5. The van der Waals surface area contributed by atoms with E-state index >= 15 is 0 Å². The van der Waals surface area contributed by atoms with Gasteiger partial charge in [0.2, 0.25) is 5.88 Å². The third-order valence-corrected chi connectivity index (χ3v) is 1.95. The van der Waals surface area contributed by atoms with Crippen LogP contribution in [-0.2, 0) is 0 Å². The maximum atomic E-state index is 9.04. The molecule has 0 aliphatic rings. The van der Waals surface area contributed by atoms with Crippen LogP contribution in [-0.4, -0.2) is 47.4 Å². The first-order chi connectivity index (χ1) is 8.22. The van der Waals surface area contributed by atoms with E-state index in [1.807, 2.05) is 6.92 Å². The molecule has 1 atom stereocenters. The van der Waals surface area contributed by atoms with E-state index in [2.05, 4.69) is 20.6 Å². The van der Waals surface area contributed by atoms with Gasteiger partial charge in [-0.25, -0.2) is 0 Å². The molecule has 6 heteroatoms. The Labute approximate surface area is 101 Å². The quantitative estimate of drug-likeness (QED) is 0.566. The highest BCUT2D eigenvalue weighted by Crippen LogP contribution is 2.07. The van der Waals surface area contributed by atoms with Gasteiger partial charge in [-0.2, -0.15) is 4.98 Å². The number of ether oxygens (including phenoxy) is 1. The van der Waals surface area contributed by atoms with Gasteiger partial charge in [-0.15, -0.1) is 0 Å². The maximum absolute atomic E-state index is 9.04. The van der Waals surface area contributed by atoms with Gasteiger partial charge in [0, 0.05) is 19.6 Å².